The molecule has 0 heterocycles. The molecule has 0 spiro atoms. The fraction of sp³-hybridized carbons (Fsp3) is 0.667. The van der Waals surface area contributed by atoms with E-state index in [2.05, 4.69) is 47.1 Å². The molecule has 0 bridgehead atoms. The van der Waals surface area contributed by atoms with Gasteiger partial charge >= 0.3 is 0 Å². The fourth-order valence-corrected chi connectivity index (χ4v) is 2.04. The van der Waals surface area contributed by atoms with Gasteiger partial charge in [0.15, 0.2) is 0 Å². The molecule has 0 aromatic rings. The summed E-state index contributed by atoms with van der Waals surface area (Å²) in [6.45, 7) is 17.7. The van der Waals surface area contributed by atoms with E-state index in [1.807, 2.05) is 17.7 Å². The summed E-state index contributed by atoms with van der Waals surface area (Å²) >= 11 is 0. The first-order chi connectivity index (χ1) is 7.36. The molecular formula is C15H28N+. The number of hydrogen-bond donors (Lipinski definition) is 0. The van der Waals surface area contributed by atoms with Crippen LogP contribution in [-0.2, 0) is 0 Å². The zero-order valence-corrected chi connectivity index (χ0v) is 11.7. The molecule has 0 aliphatic carbocycles. The van der Waals surface area contributed by atoms with Crippen LogP contribution in [0.3, 0.4) is 0 Å². The van der Waals surface area contributed by atoms with E-state index in [1.54, 1.807) is 0 Å². The zero-order chi connectivity index (χ0) is 12.7. The monoisotopic (exact) mass is 222 g/mol. The lowest BCUT2D eigenvalue weighted by atomic mass is 9.85. The highest BCUT2D eigenvalue weighted by atomic mass is 14.9. The number of allylic oxidation sites excluding steroid dienone is 2. The van der Waals surface area contributed by atoms with E-state index in [0.717, 1.165) is 6.54 Å². The summed E-state index contributed by atoms with van der Waals surface area (Å²) in [5.41, 5.74) is 1.39. The molecule has 0 saturated heterocycles. The normalized spacial score (nSPS) is 16.1. The second-order valence-electron chi connectivity index (χ2n) is 5.37. The second kappa shape index (κ2) is 7.43. The average Bonchev–Trinajstić information content (AvgIpc) is 2.15. The maximum Gasteiger partial charge on any atom is 0.148 e. The molecule has 3 unspecified atom stereocenters. The Labute approximate surface area is 102 Å². The lowest BCUT2D eigenvalue weighted by molar-refractivity contribution is -0.495. The molecule has 0 N–H and O–H groups in total. The molecule has 0 aliphatic heterocycles. The third kappa shape index (κ3) is 6.60. The lowest BCUT2D eigenvalue weighted by Gasteiger charge is -2.21. The van der Waals surface area contributed by atoms with Crippen LogP contribution in [-0.4, -0.2) is 24.9 Å². The zero-order valence-electron chi connectivity index (χ0n) is 11.7. The Morgan fingerprint density at radius 2 is 1.88 bits per heavy atom. The van der Waals surface area contributed by atoms with Gasteiger partial charge in [0.25, 0.3) is 0 Å². The minimum atomic E-state index is 0.592. The summed E-state index contributed by atoms with van der Waals surface area (Å²) in [6, 6.07) is 0. The van der Waals surface area contributed by atoms with Crippen molar-refractivity contribution < 1.29 is 4.58 Å². The van der Waals surface area contributed by atoms with E-state index in [9.17, 15) is 0 Å². The van der Waals surface area contributed by atoms with Crippen molar-refractivity contribution in [3.8, 4) is 0 Å². The fourth-order valence-electron chi connectivity index (χ4n) is 2.04. The molecule has 1 nitrogen and oxygen atoms in total. The third-order valence-electron chi connectivity index (χ3n) is 2.95. The smallest absolute Gasteiger partial charge is 0.148 e. The van der Waals surface area contributed by atoms with E-state index >= 15 is 0 Å². The minimum Gasteiger partial charge on any atom is -0.244 e. The first-order valence-corrected chi connectivity index (χ1v) is 6.16. The summed E-state index contributed by atoms with van der Waals surface area (Å²) in [4.78, 5) is 0. The predicted molar refractivity (Wildman–Crippen MR) is 74.2 cm³/mol. The molecule has 0 saturated carbocycles. The van der Waals surface area contributed by atoms with Crippen LogP contribution >= 0.6 is 0 Å². The molecule has 0 rings (SSSR count). The maximum atomic E-state index is 3.95. The number of rotatable bonds is 7. The van der Waals surface area contributed by atoms with Gasteiger partial charge in [0.05, 0.1) is 0 Å². The summed E-state index contributed by atoms with van der Waals surface area (Å²) in [7, 11) is 2.04. The van der Waals surface area contributed by atoms with Crippen LogP contribution < -0.4 is 0 Å². The van der Waals surface area contributed by atoms with Gasteiger partial charge in [-0.05, 0) is 32.1 Å². The van der Waals surface area contributed by atoms with Crippen LogP contribution in [0.2, 0.25) is 0 Å². The lowest BCUT2D eigenvalue weighted by Crippen LogP contribution is -2.22. The molecule has 0 fully saturated rings. The largest absolute Gasteiger partial charge is 0.244 e. The standard InChI is InChI=1S/C15H28N/c1-8-13(4)10-14(5)15(9-12(2)3)11-16(6)7/h8-9,13-15H,1,6,10-11H2,2-5,7H3/q+1. The predicted octanol–water partition coefficient (Wildman–Crippen LogP) is 3.76. The van der Waals surface area contributed by atoms with E-state index in [1.165, 1.54) is 12.0 Å². The van der Waals surface area contributed by atoms with E-state index in [-0.39, 0.29) is 0 Å². The highest BCUT2D eigenvalue weighted by Gasteiger charge is 2.19. The minimum absolute atomic E-state index is 0.592. The first-order valence-electron chi connectivity index (χ1n) is 6.16. The van der Waals surface area contributed by atoms with Crippen LogP contribution in [0.5, 0.6) is 0 Å². The Hall–Kier alpha value is -0.850. The van der Waals surface area contributed by atoms with Gasteiger partial charge in [0, 0.05) is 5.92 Å². The molecule has 92 valence electrons. The van der Waals surface area contributed by atoms with Gasteiger partial charge in [-0.2, -0.15) is 0 Å². The van der Waals surface area contributed by atoms with Crippen LogP contribution in [0.25, 0.3) is 0 Å². The van der Waals surface area contributed by atoms with Crippen molar-refractivity contribution in [1.82, 2.24) is 0 Å². The quantitative estimate of drug-likeness (QED) is 0.350. The van der Waals surface area contributed by atoms with Crippen molar-refractivity contribution in [1.29, 1.82) is 0 Å². The third-order valence-corrected chi connectivity index (χ3v) is 2.95. The Kier molecular flexibility index (Phi) is 7.03. The molecule has 0 aromatic carbocycles. The second-order valence-corrected chi connectivity index (χ2v) is 5.37. The van der Waals surface area contributed by atoms with Gasteiger partial charge < -0.3 is 0 Å². The van der Waals surface area contributed by atoms with Crippen LogP contribution in [0.1, 0.15) is 34.1 Å². The Bertz CT molecular complexity index is 259. The van der Waals surface area contributed by atoms with E-state index < -0.39 is 0 Å². The summed E-state index contributed by atoms with van der Waals surface area (Å²) < 4.78 is 2.03. The first kappa shape index (κ1) is 15.2. The van der Waals surface area contributed by atoms with Gasteiger partial charge in [-0.3, -0.25) is 0 Å². The van der Waals surface area contributed by atoms with Crippen molar-refractivity contribution in [2.45, 2.75) is 34.1 Å². The van der Waals surface area contributed by atoms with Crippen molar-refractivity contribution in [2.24, 2.45) is 17.8 Å². The molecule has 0 aromatic heterocycles. The van der Waals surface area contributed by atoms with Crippen molar-refractivity contribution >= 4 is 6.72 Å². The summed E-state index contributed by atoms with van der Waals surface area (Å²) in [6.07, 6.45) is 5.62. The van der Waals surface area contributed by atoms with Crippen molar-refractivity contribution in [3.05, 3.63) is 24.3 Å². The van der Waals surface area contributed by atoms with Crippen molar-refractivity contribution in [3.63, 3.8) is 0 Å². The molecule has 3 atom stereocenters. The van der Waals surface area contributed by atoms with Gasteiger partial charge in [-0.25, -0.2) is 4.58 Å². The van der Waals surface area contributed by atoms with Gasteiger partial charge in [0.2, 0.25) is 0 Å². The summed E-state index contributed by atoms with van der Waals surface area (Å²) in [5.74, 6) is 1.86. The highest BCUT2D eigenvalue weighted by molar-refractivity contribution is 5.14. The van der Waals surface area contributed by atoms with E-state index in [0.29, 0.717) is 17.8 Å². The van der Waals surface area contributed by atoms with Gasteiger partial charge in [0.1, 0.15) is 20.3 Å². The van der Waals surface area contributed by atoms with Crippen LogP contribution in [0, 0.1) is 17.8 Å². The maximum absolute atomic E-state index is 3.95. The Balaban J connectivity index is 4.55. The molecular weight excluding hydrogens is 194 g/mol. The van der Waals surface area contributed by atoms with Crippen LogP contribution in [0.4, 0.5) is 0 Å². The SMILES string of the molecule is C=CC(C)CC(C)C(C=C(C)C)C[N+](=C)C. The van der Waals surface area contributed by atoms with Gasteiger partial charge in [-0.1, -0.05) is 31.6 Å². The molecule has 1 heteroatoms. The topological polar surface area (TPSA) is 3.01 Å². The highest BCUT2D eigenvalue weighted by Crippen LogP contribution is 2.23. The Morgan fingerprint density at radius 1 is 1.31 bits per heavy atom. The molecule has 0 radical (unpaired) electrons. The average molecular weight is 222 g/mol. The molecule has 0 aliphatic rings. The molecule has 16 heavy (non-hydrogen) atoms. The molecule has 0 amide bonds. The van der Waals surface area contributed by atoms with Gasteiger partial charge in [-0.15, -0.1) is 6.58 Å². The summed E-state index contributed by atoms with van der Waals surface area (Å²) in [5, 5.41) is 0. The van der Waals surface area contributed by atoms with E-state index in [4.69, 9.17) is 0 Å². The number of hydrogen-bond acceptors (Lipinski definition) is 0. The Morgan fingerprint density at radius 3 is 2.25 bits per heavy atom. The van der Waals surface area contributed by atoms with Crippen LogP contribution in [0.15, 0.2) is 24.3 Å². The number of nitrogens with zero attached hydrogens (tertiary/aromatic N) is 1. The van der Waals surface area contributed by atoms with Crippen molar-refractivity contribution in [2.75, 3.05) is 13.6 Å².